The smallest absolute Gasteiger partial charge is 0.329 e. The van der Waals surface area contributed by atoms with E-state index in [4.69, 9.17) is 10.5 Å². The standard InChI is InChI=1S/C52H72N8O15/c1-6-27(2)42-52(74)75-29(4)43(58-45(67)35(20-22-40(53)65)54-48(70)39(64)26-32-14-18-34(63)19-15-32)49(71)56-37(24-31-12-16-33(62)17-13-31)46(68)55-36-21-23-41(66)60(50(36)72)44(28(3)61)51(73)59(5)38(47(69)57-42)25-30-10-8-7-9-11-30/h7-12,14-16,18-19,27-29,31,33,35-39,41-44,61-64,66H,6,13,17,20-26H2,1-5H3,(H2,53,65)(H,54,70)(H,55,68)(H,56,71)(H,57,69)(H,58,67)/t27-,28+,29+,31+,33-,35+,36-,37-,38-,39+,41+,42-,43-,44-/m0/s1. The van der Waals surface area contributed by atoms with E-state index in [1.165, 1.54) is 51.2 Å². The molecule has 2 fully saturated rings. The van der Waals surface area contributed by atoms with Crippen LogP contribution in [0, 0.1) is 11.8 Å². The lowest BCUT2D eigenvalue weighted by molar-refractivity contribution is -0.170. The number of carbonyl (C=O) groups excluding carboxylic acids is 9. The summed E-state index contributed by atoms with van der Waals surface area (Å²) in [5.74, 6) is -10.1. The van der Waals surface area contributed by atoms with Crippen LogP contribution in [-0.4, -0.2) is 169 Å². The topological polar surface area (TPSA) is 357 Å². The Balaban J connectivity index is 1.59. The van der Waals surface area contributed by atoms with Gasteiger partial charge >= 0.3 is 5.97 Å². The van der Waals surface area contributed by atoms with Crippen molar-refractivity contribution in [2.24, 2.45) is 17.6 Å². The number of allylic oxidation sites excluding steroid dienone is 1. The van der Waals surface area contributed by atoms with Gasteiger partial charge in [0.15, 0.2) is 0 Å². The number of esters is 1. The molecule has 1 aliphatic carbocycles. The number of amides is 8. The van der Waals surface area contributed by atoms with Crippen molar-refractivity contribution in [3.63, 3.8) is 0 Å². The highest BCUT2D eigenvalue weighted by atomic mass is 16.5. The van der Waals surface area contributed by atoms with Crippen molar-refractivity contribution in [3.8, 4) is 5.75 Å². The van der Waals surface area contributed by atoms with Crippen molar-refractivity contribution in [2.75, 3.05) is 7.05 Å². The summed E-state index contributed by atoms with van der Waals surface area (Å²) in [5, 5.41) is 66.2. The number of fused-ring (bicyclic) bond motifs is 2. The maximum absolute atomic E-state index is 14.8. The normalized spacial score (nSPS) is 27.9. The van der Waals surface area contributed by atoms with E-state index in [0.29, 0.717) is 24.0 Å². The quantitative estimate of drug-likeness (QED) is 0.0670. The Morgan fingerprint density at radius 1 is 0.827 bits per heavy atom. The molecular formula is C52H72N8O15. The number of phenols is 1. The fraction of sp³-hybridized carbons (Fsp3) is 0.558. The summed E-state index contributed by atoms with van der Waals surface area (Å²) in [4.78, 5) is 129. The Hall–Kier alpha value is -6.95. The summed E-state index contributed by atoms with van der Waals surface area (Å²) in [5.41, 5.74) is 6.45. The number of rotatable bonds is 16. The minimum atomic E-state index is -1.91. The van der Waals surface area contributed by atoms with Gasteiger partial charge in [0.1, 0.15) is 66.5 Å². The van der Waals surface area contributed by atoms with Crippen LogP contribution < -0.4 is 32.3 Å². The van der Waals surface area contributed by atoms with Crippen LogP contribution in [-0.2, 0) is 60.7 Å². The molecule has 2 heterocycles. The number of nitrogens with two attached hydrogens (primary N) is 1. The first-order valence-electron chi connectivity index (χ1n) is 25.3. The minimum absolute atomic E-state index is 0.0615. The van der Waals surface area contributed by atoms with E-state index >= 15 is 0 Å². The van der Waals surface area contributed by atoms with E-state index in [2.05, 4.69) is 26.6 Å². The lowest BCUT2D eigenvalue weighted by Crippen LogP contribution is -2.67. The second-order valence-corrected chi connectivity index (χ2v) is 19.7. The summed E-state index contributed by atoms with van der Waals surface area (Å²) in [6.07, 6.45) is -5.11. The lowest BCUT2D eigenvalue weighted by Gasteiger charge is -2.43. The van der Waals surface area contributed by atoms with Gasteiger partial charge in [-0.3, -0.25) is 38.4 Å². The van der Waals surface area contributed by atoms with Gasteiger partial charge in [0.05, 0.1) is 12.2 Å². The number of aliphatic hydroxyl groups is 4. The number of hydrogen-bond acceptors (Lipinski definition) is 15. The number of primary amides is 1. The number of hydrogen-bond donors (Lipinski definition) is 11. The van der Waals surface area contributed by atoms with Crippen molar-refractivity contribution in [1.82, 2.24) is 36.4 Å². The van der Waals surface area contributed by atoms with Crippen LogP contribution in [0.5, 0.6) is 5.75 Å². The van der Waals surface area contributed by atoms with E-state index in [1.807, 2.05) is 0 Å². The molecular weight excluding hydrogens is 977 g/mol. The molecule has 14 atom stereocenters. The van der Waals surface area contributed by atoms with Crippen LogP contribution in [0.2, 0.25) is 0 Å². The molecule has 12 N–H and O–H groups in total. The van der Waals surface area contributed by atoms with Crippen molar-refractivity contribution < 1.29 is 73.4 Å². The van der Waals surface area contributed by atoms with Crippen LogP contribution in [0.25, 0.3) is 0 Å². The zero-order valence-corrected chi connectivity index (χ0v) is 42.8. The Morgan fingerprint density at radius 2 is 1.51 bits per heavy atom. The number of ether oxygens (including phenoxy) is 1. The number of piperidine rings is 1. The number of aromatic hydroxyl groups is 1. The average Bonchev–Trinajstić information content (AvgIpc) is 3.37. The highest BCUT2D eigenvalue weighted by Gasteiger charge is 2.47. The van der Waals surface area contributed by atoms with Gasteiger partial charge in [-0.25, -0.2) is 4.79 Å². The number of benzene rings is 2. The van der Waals surface area contributed by atoms with Crippen molar-refractivity contribution in [2.45, 2.75) is 165 Å². The second kappa shape index (κ2) is 27.0. The second-order valence-electron chi connectivity index (χ2n) is 19.7. The average molecular weight is 1050 g/mol. The fourth-order valence-corrected chi connectivity index (χ4v) is 9.32. The first-order chi connectivity index (χ1) is 35.5. The Bertz CT molecular complexity index is 2390. The third-order valence-corrected chi connectivity index (χ3v) is 14.0. The zero-order valence-electron chi connectivity index (χ0n) is 42.8. The van der Waals surface area contributed by atoms with Crippen molar-refractivity contribution >= 4 is 53.2 Å². The minimum Gasteiger partial charge on any atom is -0.508 e. The van der Waals surface area contributed by atoms with E-state index in [1.54, 1.807) is 50.3 Å². The van der Waals surface area contributed by atoms with Gasteiger partial charge in [0.25, 0.3) is 0 Å². The molecule has 0 saturated carbocycles. The van der Waals surface area contributed by atoms with Crippen molar-refractivity contribution in [1.29, 1.82) is 0 Å². The lowest BCUT2D eigenvalue weighted by atomic mass is 9.88. The van der Waals surface area contributed by atoms with Crippen LogP contribution in [0.3, 0.4) is 0 Å². The first-order valence-corrected chi connectivity index (χ1v) is 25.3. The van der Waals surface area contributed by atoms with Gasteiger partial charge in [-0.05, 0) is 87.5 Å². The molecule has 0 unspecified atom stereocenters. The zero-order chi connectivity index (χ0) is 55.3. The molecule has 3 aliphatic rings. The Kier molecular flexibility index (Phi) is 21.2. The molecule has 23 heteroatoms. The van der Waals surface area contributed by atoms with Gasteiger partial charge < -0.3 is 72.4 Å². The first kappa shape index (κ1) is 58.9. The van der Waals surface area contributed by atoms with E-state index in [0.717, 1.165) is 9.80 Å². The highest BCUT2D eigenvalue weighted by Crippen LogP contribution is 2.27. The molecule has 5 rings (SSSR count). The van der Waals surface area contributed by atoms with Gasteiger partial charge in [-0.1, -0.05) is 74.9 Å². The molecule has 2 aromatic carbocycles. The van der Waals surface area contributed by atoms with Gasteiger partial charge in [-0.2, -0.15) is 0 Å². The maximum atomic E-state index is 14.8. The molecule has 410 valence electrons. The molecule has 2 saturated heterocycles. The number of cyclic esters (lactones) is 1. The SMILES string of the molecule is CC[C@H](C)[C@@H]1NC(=O)[C@H](Cc2ccccc2)N(C)C(=O)[C@H]([C@@H](C)O)N2C(=O)[C@H](CC[C@H]2O)NC(=O)[C@H](C[C@@H]2C=C[C@H](O)CC2)NC(=O)[C@@H](NC(=O)[C@@H](CCC(N)=O)NC(=O)[C@H](O)Cc2ccc(O)cc2)[C@@H](C)OC1=O. The Labute approximate surface area is 435 Å². The molecule has 75 heavy (non-hydrogen) atoms. The summed E-state index contributed by atoms with van der Waals surface area (Å²) in [6.45, 7) is 5.84. The van der Waals surface area contributed by atoms with Crippen LogP contribution in [0.15, 0.2) is 66.7 Å². The van der Waals surface area contributed by atoms with Gasteiger partial charge in [0, 0.05) is 26.3 Å². The highest BCUT2D eigenvalue weighted by molar-refractivity contribution is 5.98. The largest absolute Gasteiger partial charge is 0.508 e. The van der Waals surface area contributed by atoms with Crippen molar-refractivity contribution in [3.05, 3.63) is 77.9 Å². The number of carbonyl (C=O) groups is 9. The summed E-state index contributed by atoms with van der Waals surface area (Å²) in [7, 11) is 1.27. The predicted molar refractivity (Wildman–Crippen MR) is 268 cm³/mol. The maximum Gasteiger partial charge on any atom is 0.329 e. The van der Waals surface area contributed by atoms with E-state index in [-0.39, 0.29) is 44.3 Å². The van der Waals surface area contributed by atoms with Gasteiger partial charge in [0.2, 0.25) is 47.3 Å². The van der Waals surface area contributed by atoms with Crippen LogP contribution in [0.4, 0.5) is 0 Å². The molecule has 0 radical (unpaired) electrons. The van der Waals surface area contributed by atoms with E-state index < -0.39 is 151 Å². The van der Waals surface area contributed by atoms with Gasteiger partial charge in [-0.15, -0.1) is 0 Å². The number of phenolic OH excluding ortho intramolecular Hbond substituents is 1. The summed E-state index contributed by atoms with van der Waals surface area (Å²) < 4.78 is 5.93. The molecule has 2 bridgehead atoms. The van der Waals surface area contributed by atoms with Crippen LogP contribution >= 0.6 is 0 Å². The number of likely N-dealkylation sites (N-methyl/N-ethyl adjacent to an activating group) is 1. The molecule has 0 spiro atoms. The molecule has 23 nitrogen and oxygen atoms in total. The molecule has 2 aromatic rings. The third-order valence-electron chi connectivity index (χ3n) is 14.0. The van der Waals surface area contributed by atoms with Crippen LogP contribution in [0.1, 0.15) is 90.2 Å². The van der Waals surface area contributed by atoms with E-state index in [9.17, 15) is 68.7 Å². The number of nitrogens with zero attached hydrogens (tertiary/aromatic N) is 2. The number of nitrogens with one attached hydrogen (secondary N) is 5. The summed E-state index contributed by atoms with van der Waals surface area (Å²) in [6, 6.07) is 2.96. The fourth-order valence-electron chi connectivity index (χ4n) is 9.32. The number of aliphatic hydroxyl groups excluding tert-OH is 4. The third kappa shape index (κ3) is 16.0. The molecule has 0 aromatic heterocycles. The summed E-state index contributed by atoms with van der Waals surface area (Å²) >= 11 is 0. The monoisotopic (exact) mass is 1050 g/mol. The predicted octanol–water partition coefficient (Wildman–Crippen LogP) is -1.55. The molecule has 8 amide bonds. The molecule has 2 aliphatic heterocycles. The Morgan fingerprint density at radius 3 is 2.12 bits per heavy atom.